The molecule has 0 unspecified atom stereocenters. The lowest BCUT2D eigenvalue weighted by Gasteiger charge is -2.32. The highest BCUT2D eigenvalue weighted by Crippen LogP contribution is 2.32. The zero-order valence-corrected chi connectivity index (χ0v) is 18.2. The molecule has 1 saturated heterocycles. The third-order valence-corrected chi connectivity index (χ3v) is 7.55. The average Bonchev–Trinajstić information content (AvgIpc) is 2.70. The van der Waals surface area contributed by atoms with E-state index < -0.39 is 10.0 Å². The number of hydrogen-bond donors (Lipinski definition) is 1. The monoisotopic (exact) mass is 416 g/mol. The number of amides is 1. The number of nitrogens with one attached hydrogen (secondary N) is 1. The van der Waals surface area contributed by atoms with E-state index in [1.165, 1.54) is 23.5 Å². The van der Waals surface area contributed by atoms with Gasteiger partial charge in [0.05, 0.1) is 7.11 Å². The molecule has 0 aliphatic carbocycles. The van der Waals surface area contributed by atoms with Crippen LogP contribution in [0.4, 0.5) is 5.69 Å². The summed E-state index contributed by atoms with van der Waals surface area (Å²) in [6.45, 7) is 6.37. The van der Waals surface area contributed by atoms with E-state index in [2.05, 4.69) is 5.32 Å². The first-order chi connectivity index (χ1) is 13.7. The van der Waals surface area contributed by atoms with Crippen LogP contribution >= 0.6 is 0 Å². The smallest absolute Gasteiger partial charge is 0.255 e. The van der Waals surface area contributed by atoms with Crippen LogP contribution in [0.5, 0.6) is 5.75 Å². The molecule has 2 aromatic rings. The number of anilines is 1. The summed E-state index contributed by atoms with van der Waals surface area (Å²) in [6, 6.07) is 10.1. The molecular weight excluding hydrogens is 388 g/mol. The number of carbonyl (C=O) groups is 1. The van der Waals surface area contributed by atoms with Gasteiger partial charge in [0.15, 0.2) is 0 Å². The molecule has 0 aromatic heterocycles. The van der Waals surface area contributed by atoms with Crippen LogP contribution in [0, 0.1) is 13.8 Å². The third-order valence-electron chi connectivity index (χ3n) is 5.52. The van der Waals surface area contributed by atoms with Gasteiger partial charge in [-0.15, -0.1) is 0 Å². The SMILES string of the molecule is COc1ccc(C(=O)Nc2ccc(C)c(C)c2)cc1S(=O)(=O)N1CCCC[C@H]1C. The summed E-state index contributed by atoms with van der Waals surface area (Å²) in [6.07, 6.45) is 2.68. The van der Waals surface area contributed by atoms with E-state index >= 15 is 0 Å². The molecule has 0 radical (unpaired) electrons. The Bertz CT molecular complexity index is 1020. The Morgan fingerprint density at radius 3 is 2.52 bits per heavy atom. The van der Waals surface area contributed by atoms with Gasteiger partial charge in [0.1, 0.15) is 10.6 Å². The first kappa shape index (κ1) is 21.3. The average molecular weight is 417 g/mol. The van der Waals surface area contributed by atoms with Crippen molar-refractivity contribution >= 4 is 21.6 Å². The van der Waals surface area contributed by atoms with Crippen LogP contribution in [0.2, 0.25) is 0 Å². The number of benzene rings is 2. The predicted molar refractivity (Wildman–Crippen MR) is 114 cm³/mol. The van der Waals surface area contributed by atoms with Gasteiger partial charge in [-0.05, 0) is 75.1 Å². The fraction of sp³-hybridized carbons (Fsp3) is 0.409. The van der Waals surface area contributed by atoms with Gasteiger partial charge in [-0.3, -0.25) is 4.79 Å². The topological polar surface area (TPSA) is 75.7 Å². The van der Waals surface area contributed by atoms with Crippen molar-refractivity contribution in [1.29, 1.82) is 0 Å². The van der Waals surface area contributed by atoms with E-state index in [0.29, 0.717) is 12.2 Å². The minimum Gasteiger partial charge on any atom is -0.495 e. The molecule has 1 fully saturated rings. The fourth-order valence-corrected chi connectivity index (χ4v) is 5.48. The minimum atomic E-state index is -3.77. The van der Waals surface area contributed by atoms with Gasteiger partial charge < -0.3 is 10.1 Å². The van der Waals surface area contributed by atoms with Crippen molar-refractivity contribution in [3.63, 3.8) is 0 Å². The van der Waals surface area contributed by atoms with Crippen LogP contribution in [0.15, 0.2) is 41.3 Å². The number of piperidine rings is 1. The molecule has 2 aromatic carbocycles. The molecule has 1 aliphatic rings. The number of methoxy groups -OCH3 is 1. The number of rotatable bonds is 5. The van der Waals surface area contributed by atoms with Crippen molar-refractivity contribution in [1.82, 2.24) is 4.31 Å². The molecule has 0 bridgehead atoms. The van der Waals surface area contributed by atoms with Gasteiger partial charge in [0.25, 0.3) is 5.91 Å². The Labute approximate surface area is 172 Å². The van der Waals surface area contributed by atoms with Crippen molar-refractivity contribution in [2.24, 2.45) is 0 Å². The summed E-state index contributed by atoms with van der Waals surface area (Å²) in [5.41, 5.74) is 3.15. The van der Waals surface area contributed by atoms with Crippen LogP contribution in [0.1, 0.15) is 47.7 Å². The van der Waals surface area contributed by atoms with Crippen LogP contribution in [-0.2, 0) is 10.0 Å². The lowest BCUT2D eigenvalue weighted by Crippen LogP contribution is -2.42. The van der Waals surface area contributed by atoms with Crippen molar-refractivity contribution in [2.75, 3.05) is 19.0 Å². The lowest BCUT2D eigenvalue weighted by atomic mass is 10.1. The van der Waals surface area contributed by atoms with Crippen molar-refractivity contribution in [3.8, 4) is 5.75 Å². The van der Waals surface area contributed by atoms with Gasteiger partial charge in [-0.2, -0.15) is 4.31 Å². The maximum Gasteiger partial charge on any atom is 0.255 e. The zero-order chi connectivity index (χ0) is 21.2. The maximum atomic E-state index is 13.3. The van der Waals surface area contributed by atoms with E-state index in [-0.39, 0.29) is 28.2 Å². The predicted octanol–water partition coefficient (Wildman–Crippen LogP) is 4.13. The fourth-order valence-electron chi connectivity index (χ4n) is 3.60. The number of nitrogens with zero attached hydrogens (tertiary/aromatic N) is 1. The van der Waals surface area contributed by atoms with Crippen LogP contribution in [-0.4, -0.2) is 38.3 Å². The van der Waals surface area contributed by atoms with Gasteiger partial charge >= 0.3 is 0 Å². The quantitative estimate of drug-likeness (QED) is 0.795. The molecule has 1 aliphatic heterocycles. The third kappa shape index (κ3) is 4.46. The molecule has 29 heavy (non-hydrogen) atoms. The molecule has 0 saturated carbocycles. The highest BCUT2D eigenvalue weighted by molar-refractivity contribution is 7.89. The van der Waals surface area contributed by atoms with E-state index in [0.717, 1.165) is 30.4 Å². The molecule has 1 heterocycles. The van der Waals surface area contributed by atoms with Crippen molar-refractivity contribution in [2.45, 2.75) is 51.0 Å². The first-order valence-corrected chi connectivity index (χ1v) is 11.3. The summed E-state index contributed by atoms with van der Waals surface area (Å²) in [7, 11) is -2.33. The molecule has 1 amide bonds. The van der Waals surface area contributed by atoms with Crippen LogP contribution in [0.3, 0.4) is 0 Å². The molecule has 156 valence electrons. The highest BCUT2D eigenvalue weighted by Gasteiger charge is 2.33. The summed E-state index contributed by atoms with van der Waals surface area (Å²) < 4.78 is 33.4. The second-order valence-electron chi connectivity index (χ2n) is 7.58. The number of ether oxygens (including phenoxy) is 1. The maximum absolute atomic E-state index is 13.3. The zero-order valence-electron chi connectivity index (χ0n) is 17.4. The largest absolute Gasteiger partial charge is 0.495 e. The molecule has 0 spiro atoms. The molecule has 1 N–H and O–H groups in total. The van der Waals surface area contributed by atoms with E-state index in [4.69, 9.17) is 4.74 Å². The van der Waals surface area contributed by atoms with Gasteiger partial charge in [0.2, 0.25) is 10.0 Å². The summed E-state index contributed by atoms with van der Waals surface area (Å²) in [5, 5.41) is 2.84. The highest BCUT2D eigenvalue weighted by atomic mass is 32.2. The van der Waals surface area contributed by atoms with E-state index in [1.54, 1.807) is 6.07 Å². The summed E-state index contributed by atoms with van der Waals surface area (Å²) >= 11 is 0. The number of sulfonamides is 1. The standard InChI is InChI=1S/C22H28N2O4S/c1-15-8-10-19(13-16(15)2)23-22(25)18-9-11-20(28-4)21(14-18)29(26,27)24-12-6-5-7-17(24)3/h8-11,13-14,17H,5-7,12H2,1-4H3,(H,23,25)/t17-/m1/s1. The number of carbonyl (C=O) groups excluding carboxylic acids is 1. The summed E-state index contributed by atoms with van der Waals surface area (Å²) in [4.78, 5) is 12.8. The molecule has 3 rings (SSSR count). The van der Waals surface area contributed by atoms with Crippen LogP contribution in [0.25, 0.3) is 0 Å². The Balaban J connectivity index is 1.94. The van der Waals surface area contributed by atoms with Crippen LogP contribution < -0.4 is 10.1 Å². The van der Waals surface area contributed by atoms with E-state index in [9.17, 15) is 13.2 Å². The second kappa shape index (κ2) is 8.55. The van der Waals surface area contributed by atoms with Gasteiger partial charge in [-0.25, -0.2) is 8.42 Å². The molecule has 7 heteroatoms. The Morgan fingerprint density at radius 2 is 1.86 bits per heavy atom. The second-order valence-corrected chi connectivity index (χ2v) is 9.44. The molecular formula is C22H28N2O4S. The number of hydrogen-bond acceptors (Lipinski definition) is 4. The van der Waals surface area contributed by atoms with Crippen molar-refractivity contribution < 1.29 is 17.9 Å². The van der Waals surface area contributed by atoms with Gasteiger partial charge in [-0.1, -0.05) is 12.5 Å². The van der Waals surface area contributed by atoms with Gasteiger partial charge in [0, 0.05) is 23.8 Å². The minimum absolute atomic E-state index is 0.0292. The summed E-state index contributed by atoms with van der Waals surface area (Å²) in [5.74, 6) is -0.121. The lowest BCUT2D eigenvalue weighted by molar-refractivity contribution is 0.102. The first-order valence-electron chi connectivity index (χ1n) is 9.82. The molecule has 6 nitrogen and oxygen atoms in total. The molecule has 1 atom stereocenters. The normalized spacial score (nSPS) is 17.7. The Kier molecular flexibility index (Phi) is 6.29. The Morgan fingerprint density at radius 1 is 1.10 bits per heavy atom. The number of aryl methyl sites for hydroxylation is 2. The van der Waals surface area contributed by atoms with Crippen molar-refractivity contribution in [3.05, 3.63) is 53.1 Å². The Hall–Kier alpha value is -2.38. The van der Waals surface area contributed by atoms with E-state index in [1.807, 2.05) is 39.0 Å².